The van der Waals surface area contributed by atoms with Gasteiger partial charge in [0, 0.05) is 6.54 Å². The second-order valence-electron chi connectivity index (χ2n) is 3.57. The van der Waals surface area contributed by atoms with Crippen molar-refractivity contribution in [2.45, 2.75) is 25.6 Å². The van der Waals surface area contributed by atoms with E-state index in [2.05, 4.69) is 10.2 Å². The maximum absolute atomic E-state index is 5.58. The minimum absolute atomic E-state index is 0.557. The van der Waals surface area contributed by atoms with E-state index >= 15 is 0 Å². The number of nitrogens with zero attached hydrogens (tertiary/aromatic N) is 3. The molecule has 12 heavy (non-hydrogen) atoms. The monoisotopic (exact) mass is 171 g/mol. The number of likely N-dealkylation sites (N-methyl/N-ethyl adjacent to an activating group) is 1. The lowest BCUT2D eigenvalue weighted by Crippen LogP contribution is -2.44. The molecule has 0 aliphatic carbocycles. The van der Waals surface area contributed by atoms with Crippen LogP contribution in [0.3, 0.4) is 0 Å². The van der Waals surface area contributed by atoms with Crippen LogP contribution in [0.25, 0.3) is 0 Å². The largest absolute Gasteiger partial charge is 0.357 e. The molecule has 5 nitrogen and oxygen atoms in total. The Bertz CT molecular complexity index is 229. The SMILES string of the molecule is CN1CCOC12N=NC(C)(C)O2. The molecular formula is C7H13N3O2. The summed E-state index contributed by atoms with van der Waals surface area (Å²) in [5.74, 6) is 0. The summed E-state index contributed by atoms with van der Waals surface area (Å²) in [4.78, 5) is 1.91. The van der Waals surface area contributed by atoms with Gasteiger partial charge in [-0.05, 0) is 20.9 Å². The van der Waals surface area contributed by atoms with Crippen molar-refractivity contribution < 1.29 is 9.47 Å². The molecule has 1 saturated heterocycles. The van der Waals surface area contributed by atoms with Crippen LogP contribution >= 0.6 is 0 Å². The van der Waals surface area contributed by atoms with Gasteiger partial charge < -0.3 is 4.74 Å². The Morgan fingerprint density at radius 2 is 2.08 bits per heavy atom. The van der Waals surface area contributed by atoms with Gasteiger partial charge in [0.1, 0.15) is 0 Å². The molecule has 2 aliphatic rings. The Kier molecular flexibility index (Phi) is 1.51. The predicted molar refractivity (Wildman–Crippen MR) is 41.3 cm³/mol. The maximum Gasteiger partial charge on any atom is 0.357 e. The van der Waals surface area contributed by atoms with Gasteiger partial charge in [0.05, 0.1) is 6.61 Å². The first-order valence-electron chi connectivity index (χ1n) is 4.04. The van der Waals surface area contributed by atoms with Crippen LogP contribution in [0.2, 0.25) is 0 Å². The summed E-state index contributed by atoms with van der Waals surface area (Å²) in [6, 6.07) is -0.927. The summed E-state index contributed by atoms with van der Waals surface area (Å²) in [5.41, 5.74) is -0.557. The summed E-state index contributed by atoms with van der Waals surface area (Å²) in [6.07, 6.45) is 0. The molecule has 0 bridgehead atoms. The average molecular weight is 171 g/mol. The highest BCUT2D eigenvalue weighted by atomic mass is 16.8. The predicted octanol–water partition coefficient (Wildman–Crippen LogP) is 0.778. The van der Waals surface area contributed by atoms with Gasteiger partial charge in [-0.1, -0.05) is 0 Å². The lowest BCUT2D eigenvalue weighted by molar-refractivity contribution is -0.281. The zero-order valence-corrected chi connectivity index (χ0v) is 7.57. The molecule has 0 amide bonds. The molecule has 0 aromatic carbocycles. The van der Waals surface area contributed by atoms with Crippen molar-refractivity contribution in [3.05, 3.63) is 0 Å². The van der Waals surface area contributed by atoms with Crippen LogP contribution in [0.1, 0.15) is 13.8 Å². The van der Waals surface area contributed by atoms with Gasteiger partial charge in [-0.2, -0.15) is 5.11 Å². The van der Waals surface area contributed by atoms with Crippen LogP contribution in [0.15, 0.2) is 10.2 Å². The first-order valence-corrected chi connectivity index (χ1v) is 4.04. The standard InChI is InChI=1S/C7H13N3O2/c1-6(2)8-9-7(12-6)10(3)4-5-11-7/h4-5H2,1-3H3. The van der Waals surface area contributed by atoms with Gasteiger partial charge in [-0.15, -0.1) is 5.11 Å². The third kappa shape index (κ3) is 1.05. The zero-order chi connectivity index (χ0) is 8.82. The van der Waals surface area contributed by atoms with E-state index < -0.39 is 11.8 Å². The van der Waals surface area contributed by atoms with E-state index in [4.69, 9.17) is 9.47 Å². The first kappa shape index (κ1) is 8.10. The van der Waals surface area contributed by atoms with E-state index in [1.807, 2.05) is 25.8 Å². The average Bonchev–Trinajstić information content (AvgIpc) is 2.43. The Morgan fingerprint density at radius 3 is 2.50 bits per heavy atom. The van der Waals surface area contributed by atoms with Crippen molar-refractivity contribution in [2.24, 2.45) is 10.2 Å². The maximum atomic E-state index is 5.58. The second kappa shape index (κ2) is 2.25. The quantitative estimate of drug-likeness (QED) is 0.541. The summed E-state index contributed by atoms with van der Waals surface area (Å²) in [7, 11) is 1.91. The second-order valence-corrected chi connectivity index (χ2v) is 3.57. The van der Waals surface area contributed by atoms with Gasteiger partial charge in [0.15, 0.2) is 5.72 Å². The molecule has 1 unspecified atom stereocenters. The fourth-order valence-electron chi connectivity index (χ4n) is 1.33. The molecule has 0 radical (unpaired) electrons. The number of rotatable bonds is 0. The van der Waals surface area contributed by atoms with E-state index in [0.29, 0.717) is 6.61 Å². The molecule has 2 aliphatic heterocycles. The molecule has 68 valence electrons. The molecule has 1 atom stereocenters. The molecule has 0 N–H and O–H groups in total. The van der Waals surface area contributed by atoms with Crippen molar-refractivity contribution >= 4 is 0 Å². The van der Waals surface area contributed by atoms with Gasteiger partial charge in [-0.3, -0.25) is 4.74 Å². The van der Waals surface area contributed by atoms with Crippen molar-refractivity contribution in [2.75, 3.05) is 20.2 Å². The fourth-order valence-corrected chi connectivity index (χ4v) is 1.33. The molecule has 5 heteroatoms. The van der Waals surface area contributed by atoms with Crippen molar-refractivity contribution in [1.82, 2.24) is 4.90 Å². The number of azo groups is 1. The highest BCUT2D eigenvalue weighted by Gasteiger charge is 2.50. The number of ether oxygens (including phenoxy) is 2. The van der Waals surface area contributed by atoms with E-state index in [1.165, 1.54) is 0 Å². The third-order valence-electron chi connectivity index (χ3n) is 2.00. The Labute approximate surface area is 71.4 Å². The Balaban J connectivity index is 2.21. The molecule has 1 fully saturated rings. The third-order valence-corrected chi connectivity index (χ3v) is 2.00. The van der Waals surface area contributed by atoms with Crippen LogP contribution in [-0.2, 0) is 9.47 Å². The van der Waals surface area contributed by atoms with Crippen LogP contribution in [0.4, 0.5) is 0 Å². The van der Waals surface area contributed by atoms with E-state index in [0.717, 1.165) is 6.54 Å². The van der Waals surface area contributed by atoms with Crippen molar-refractivity contribution in [3.63, 3.8) is 0 Å². The smallest absolute Gasteiger partial charge is 0.316 e. The molecule has 0 aromatic rings. The Morgan fingerprint density at radius 1 is 1.33 bits per heavy atom. The topological polar surface area (TPSA) is 46.4 Å². The van der Waals surface area contributed by atoms with Crippen molar-refractivity contribution in [1.29, 1.82) is 0 Å². The molecule has 2 rings (SSSR count). The molecule has 1 spiro atoms. The summed E-state index contributed by atoms with van der Waals surface area (Å²) < 4.78 is 11.0. The number of hydrogen-bond donors (Lipinski definition) is 0. The lowest BCUT2D eigenvalue weighted by Gasteiger charge is -2.27. The number of hydrogen-bond acceptors (Lipinski definition) is 5. The molecule has 0 aromatic heterocycles. The minimum Gasteiger partial charge on any atom is -0.316 e. The molecular weight excluding hydrogens is 158 g/mol. The van der Waals surface area contributed by atoms with Gasteiger partial charge in [-0.25, -0.2) is 4.90 Å². The summed E-state index contributed by atoms with van der Waals surface area (Å²) in [5, 5.41) is 8.00. The van der Waals surface area contributed by atoms with Crippen LogP contribution < -0.4 is 0 Å². The van der Waals surface area contributed by atoms with E-state index in [9.17, 15) is 0 Å². The van der Waals surface area contributed by atoms with Crippen LogP contribution in [0.5, 0.6) is 0 Å². The first-order chi connectivity index (χ1) is 5.54. The summed E-state index contributed by atoms with van der Waals surface area (Å²) >= 11 is 0. The minimum atomic E-state index is -0.927. The van der Waals surface area contributed by atoms with E-state index in [-0.39, 0.29) is 0 Å². The fraction of sp³-hybridized carbons (Fsp3) is 1.00. The van der Waals surface area contributed by atoms with Crippen LogP contribution in [0, 0.1) is 0 Å². The highest BCUT2D eigenvalue weighted by molar-refractivity contribution is 4.81. The highest BCUT2D eigenvalue weighted by Crippen LogP contribution is 2.36. The molecule has 2 heterocycles. The van der Waals surface area contributed by atoms with Crippen LogP contribution in [-0.4, -0.2) is 36.9 Å². The normalized spacial score (nSPS) is 39.9. The summed E-state index contributed by atoms with van der Waals surface area (Å²) in [6.45, 7) is 5.20. The van der Waals surface area contributed by atoms with E-state index in [1.54, 1.807) is 0 Å². The lowest BCUT2D eigenvalue weighted by atomic mass is 10.3. The van der Waals surface area contributed by atoms with Gasteiger partial charge >= 0.3 is 6.03 Å². The van der Waals surface area contributed by atoms with Gasteiger partial charge in [0.25, 0.3) is 0 Å². The van der Waals surface area contributed by atoms with Gasteiger partial charge in [0.2, 0.25) is 0 Å². The van der Waals surface area contributed by atoms with Crippen molar-refractivity contribution in [3.8, 4) is 0 Å². The molecule has 0 saturated carbocycles. The Hall–Kier alpha value is -0.520. The zero-order valence-electron chi connectivity index (χ0n) is 7.57.